The number of benzene rings is 1. The quantitative estimate of drug-likeness (QED) is 0.887. The number of piperidine rings is 1. The molecule has 1 aromatic carbocycles. The third-order valence-electron chi connectivity index (χ3n) is 4.06. The monoisotopic (exact) mass is 260 g/mol. The van der Waals surface area contributed by atoms with Crippen molar-refractivity contribution in [3.63, 3.8) is 0 Å². The molecule has 1 aliphatic heterocycles. The Bertz CT molecular complexity index is 404. The summed E-state index contributed by atoms with van der Waals surface area (Å²) in [6.07, 6.45) is 2.65. The molecule has 2 nitrogen and oxygen atoms in total. The van der Waals surface area contributed by atoms with Gasteiger partial charge in [-0.05, 0) is 37.3 Å². The lowest BCUT2D eigenvalue weighted by Crippen LogP contribution is -2.34. The first-order chi connectivity index (χ1) is 9.06. The van der Waals surface area contributed by atoms with Crippen LogP contribution in [-0.2, 0) is 6.54 Å². The minimum absolute atomic E-state index is 0.537. The van der Waals surface area contributed by atoms with E-state index >= 15 is 0 Å². The molecule has 0 aromatic heterocycles. The van der Waals surface area contributed by atoms with Crippen LogP contribution in [0.5, 0.6) is 0 Å². The molecule has 106 valence electrons. The van der Waals surface area contributed by atoms with E-state index in [-0.39, 0.29) is 0 Å². The van der Waals surface area contributed by atoms with Crippen molar-refractivity contribution in [1.82, 2.24) is 5.32 Å². The number of rotatable bonds is 4. The summed E-state index contributed by atoms with van der Waals surface area (Å²) in [4.78, 5) is 2.57. The van der Waals surface area contributed by atoms with Crippen LogP contribution in [0.1, 0.15) is 44.7 Å². The second-order valence-electron chi connectivity index (χ2n) is 6.34. The van der Waals surface area contributed by atoms with Gasteiger partial charge >= 0.3 is 0 Å². The summed E-state index contributed by atoms with van der Waals surface area (Å²) in [5.74, 6) is 0.888. The van der Waals surface area contributed by atoms with E-state index in [4.69, 9.17) is 0 Å². The van der Waals surface area contributed by atoms with Gasteiger partial charge in [-0.3, -0.25) is 0 Å². The van der Waals surface area contributed by atoms with Crippen LogP contribution in [0.2, 0.25) is 0 Å². The molecule has 0 bridgehead atoms. The van der Waals surface area contributed by atoms with E-state index in [1.54, 1.807) is 0 Å². The van der Waals surface area contributed by atoms with Crippen LogP contribution in [-0.4, -0.2) is 19.1 Å². The highest BCUT2D eigenvalue weighted by atomic mass is 15.1. The minimum Gasteiger partial charge on any atom is -0.371 e. The van der Waals surface area contributed by atoms with Crippen molar-refractivity contribution in [3.8, 4) is 0 Å². The van der Waals surface area contributed by atoms with Gasteiger partial charge in [0.15, 0.2) is 0 Å². The number of aryl methyl sites for hydroxylation is 1. The van der Waals surface area contributed by atoms with Gasteiger partial charge in [0.25, 0.3) is 0 Å². The number of nitrogens with one attached hydrogen (secondary N) is 1. The first kappa shape index (κ1) is 14.4. The van der Waals surface area contributed by atoms with Crippen molar-refractivity contribution in [3.05, 3.63) is 29.3 Å². The molecule has 1 fully saturated rings. The van der Waals surface area contributed by atoms with E-state index in [2.05, 4.69) is 56.1 Å². The molecule has 1 heterocycles. The Morgan fingerprint density at radius 3 is 2.58 bits per heavy atom. The zero-order chi connectivity index (χ0) is 13.8. The van der Waals surface area contributed by atoms with Crippen LogP contribution in [0.4, 0.5) is 5.69 Å². The van der Waals surface area contributed by atoms with Gasteiger partial charge in [0.1, 0.15) is 0 Å². The summed E-state index contributed by atoms with van der Waals surface area (Å²) in [7, 11) is 0. The van der Waals surface area contributed by atoms with E-state index in [1.165, 1.54) is 42.7 Å². The molecule has 1 aromatic rings. The molecule has 0 amide bonds. The SMILES string of the molecule is Cc1ccc(N2CCC(C)CC2)c(CNC(C)C)c1. The zero-order valence-electron chi connectivity index (χ0n) is 12.9. The fourth-order valence-corrected chi connectivity index (χ4v) is 2.73. The summed E-state index contributed by atoms with van der Waals surface area (Å²) in [6, 6.07) is 7.42. The topological polar surface area (TPSA) is 15.3 Å². The standard InChI is InChI=1S/C17H28N2/c1-13(2)18-12-16-11-15(4)5-6-17(16)19-9-7-14(3)8-10-19/h5-6,11,13-14,18H,7-10,12H2,1-4H3. The van der Waals surface area contributed by atoms with E-state index in [1.807, 2.05) is 0 Å². The van der Waals surface area contributed by atoms with Gasteiger partial charge < -0.3 is 10.2 Å². The molecule has 0 radical (unpaired) electrons. The second kappa shape index (κ2) is 6.42. The molecule has 0 saturated carbocycles. The third kappa shape index (κ3) is 3.97. The summed E-state index contributed by atoms with van der Waals surface area (Å²) in [5.41, 5.74) is 4.24. The summed E-state index contributed by atoms with van der Waals surface area (Å²) in [6.45, 7) is 12.4. The fourth-order valence-electron chi connectivity index (χ4n) is 2.73. The molecule has 0 aliphatic carbocycles. The molecule has 1 aliphatic rings. The van der Waals surface area contributed by atoms with E-state index in [0.29, 0.717) is 6.04 Å². The van der Waals surface area contributed by atoms with Gasteiger partial charge in [0.05, 0.1) is 0 Å². The van der Waals surface area contributed by atoms with E-state index < -0.39 is 0 Å². The number of anilines is 1. The summed E-state index contributed by atoms with van der Waals surface area (Å²) in [5, 5.41) is 3.55. The molecule has 0 atom stereocenters. The van der Waals surface area contributed by atoms with Crippen LogP contribution in [0.25, 0.3) is 0 Å². The maximum atomic E-state index is 3.55. The lowest BCUT2D eigenvalue weighted by Gasteiger charge is -2.34. The minimum atomic E-state index is 0.537. The molecular weight excluding hydrogens is 232 g/mol. The predicted octanol–water partition coefficient (Wildman–Crippen LogP) is 3.73. The number of hydrogen-bond donors (Lipinski definition) is 1. The highest BCUT2D eigenvalue weighted by Gasteiger charge is 2.18. The predicted molar refractivity (Wildman–Crippen MR) is 83.8 cm³/mol. The summed E-state index contributed by atoms with van der Waals surface area (Å²) < 4.78 is 0. The Morgan fingerprint density at radius 2 is 1.95 bits per heavy atom. The maximum Gasteiger partial charge on any atom is 0.0412 e. The number of hydrogen-bond acceptors (Lipinski definition) is 2. The van der Waals surface area contributed by atoms with E-state index in [9.17, 15) is 0 Å². The van der Waals surface area contributed by atoms with Crippen molar-refractivity contribution in [1.29, 1.82) is 0 Å². The van der Waals surface area contributed by atoms with Crippen LogP contribution in [0.15, 0.2) is 18.2 Å². The number of nitrogens with zero attached hydrogens (tertiary/aromatic N) is 1. The van der Waals surface area contributed by atoms with Crippen LogP contribution in [0.3, 0.4) is 0 Å². The van der Waals surface area contributed by atoms with Crippen molar-refractivity contribution in [2.75, 3.05) is 18.0 Å². The Balaban J connectivity index is 2.14. The average molecular weight is 260 g/mol. The largest absolute Gasteiger partial charge is 0.371 e. The fraction of sp³-hybridized carbons (Fsp3) is 0.647. The van der Waals surface area contributed by atoms with Crippen LogP contribution in [0, 0.1) is 12.8 Å². The molecule has 2 heteroatoms. The third-order valence-corrected chi connectivity index (χ3v) is 4.06. The van der Waals surface area contributed by atoms with Gasteiger partial charge in [-0.1, -0.05) is 38.5 Å². The highest BCUT2D eigenvalue weighted by molar-refractivity contribution is 5.55. The molecule has 0 unspecified atom stereocenters. The van der Waals surface area contributed by atoms with Crippen LogP contribution >= 0.6 is 0 Å². The Kier molecular flexibility index (Phi) is 4.87. The lowest BCUT2D eigenvalue weighted by molar-refractivity contribution is 0.437. The van der Waals surface area contributed by atoms with Gasteiger partial charge in [0.2, 0.25) is 0 Å². The average Bonchev–Trinajstić information content (AvgIpc) is 2.38. The van der Waals surface area contributed by atoms with Crippen molar-refractivity contribution in [2.24, 2.45) is 5.92 Å². The molecular formula is C17H28N2. The molecule has 19 heavy (non-hydrogen) atoms. The van der Waals surface area contributed by atoms with Crippen molar-refractivity contribution < 1.29 is 0 Å². The van der Waals surface area contributed by atoms with E-state index in [0.717, 1.165) is 12.5 Å². The van der Waals surface area contributed by atoms with Gasteiger partial charge in [-0.15, -0.1) is 0 Å². The molecule has 1 saturated heterocycles. The molecule has 0 spiro atoms. The Morgan fingerprint density at radius 1 is 1.26 bits per heavy atom. The van der Waals surface area contributed by atoms with Gasteiger partial charge in [0, 0.05) is 31.4 Å². The first-order valence-electron chi connectivity index (χ1n) is 7.64. The second-order valence-corrected chi connectivity index (χ2v) is 6.34. The summed E-state index contributed by atoms with van der Waals surface area (Å²) >= 11 is 0. The van der Waals surface area contributed by atoms with Gasteiger partial charge in [-0.25, -0.2) is 0 Å². The molecule has 2 rings (SSSR count). The van der Waals surface area contributed by atoms with Crippen molar-refractivity contribution >= 4 is 5.69 Å². The Labute approximate surface area is 118 Å². The Hall–Kier alpha value is -1.02. The first-order valence-corrected chi connectivity index (χ1v) is 7.64. The van der Waals surface area contributed by atoms with Crippen molar-refractivity contribution in [2.45, 2.75) is 53.1 Å². The smallest absolute Gasteiger partial charge is 0.0412 e. The van der Waals surface area contributed by atoms with Gasteiger partial charge in [-0.2, -0.15) is 0 Å². The normalized spacial score (nSPS) is 17.2. The lowest BCUT2D eigenvalue weighted by atomic mass is 9.97. The van der Waals surface area contributed by atoms with Crippen LogP contribution < -0.4 is 10.2 Å². The molecule has 1 N–H and O–H groups in total. The highest BCUT2D eigenvalue weighted by Crippen LogP contribution is 2.27. The maximum absolute atomic E-state index is 3.55. The zero-order valence-corrected chi connectivity index (χ0v) is 12.9.